The lowest BCUT2D eigenvalue weighted by atomic mass is 9.82. The molecular weight excluding hydrogens is 318 g/mol. The molecule has 2 N–H and O–H groups in total. The summed E-state index contributed by atoms with van der Waals surface area (Å²) in [5, 5.41) is 5.66. The highest BCUT2D eigenvalue weighted by atomic mass is 16.2. The molecule has 6 heteroatoms. The number of carbonyl (C=O) groups is 3. The highest BCUT2D eigenvalue weighted by Crippen LogP contribution is 2.26. The smallest absolute Gasteiger partial charge is 0.315 e. The predicted octanol–water partition coefficient (Wildman–Crippen LogP) is 2.80. The number of imide groups is 1. The molecule has 0 spiro atoms. The van der Waals surface area contributed by atoms with Gasteiger partial charge in [-0.25, -0.2) is 4.79 Å². The van der Waals surface area contributed by atoms with Crippen LogP contribution in [-0.4, -0.2) is 41.4 Å². The predicted molar refractivity (Wildman–Crippen MR) is 96.5 cm³/mol. The summed E-state index contributed by atoms with van der Waals surface area (Å²) >= 11 is 0. The highest BCUT2D eigenvalue weighted by Gasteiger charge is 2.34. The molecule has 0 radical (unpaired) electrons. The molecule has 25 heavy (non-hydrogen) atoms. The summed E-state index contributed by atoms with van der Waals surface area (Å²) < 4.78 is 0. The fraction of sp³-hybridized carbons (Fsp3) is 0.526. The van der Waals surface area contributed by atoms with Gasteiger partial charge in [0.15, 0.2) is 0 Å². The maximum absolute atomic E-state index is 12.2. The first-order valence-corrected chi connectivity index (χ1v) is 8.51. The number of amides is 4. The second kappa shape index (κ2) is 6.86. The van der Waals surface area contributed by atoms with Gasteiger partial charge in [-0.15, -0.1) is 0 Å². The molecule has 0 unspecified atom stereocenters. The lowest BCUT2D eigenvalue weighted by Crippen LogP contribution is -2.51. The molecule has 0 aromatic heterocycles. The van der Waals surface area contributed by atoms with Gasteiger partial charge in [-0.3, -0.25) is 14.5 Å². The van der Waals surface area contributed by atoms with E-state index in [1.807, 2.05) is 13.8 Å². The summed E-state index contributed by atoms with van der Waals surface area (Å²) in [6, 6.07) is 6.45. The van der Waals surface area contributed by atoms with Gasteiger partial charge in [0.05, 0.1) is 11.1 Å². The molecule has 2 rings (SSSR count). The van der Waals surface area contributed by atoms with Crippen molar-refractivity contribution in [1.82, 2.24) is 15.5 Å². The van der Waals surface area contributed by atoms with Crippen molar-refractivity contribution in [2.75, 3.05) is 13.1 Å². The largest absolute Gasteiger partial charge is 0.336 e. The van der Waals surface area contributed by atoms with Crippen LogP contribution in [-0.2, 0) is 0 Å². The summed E-state index contributed by atoms with van der Waals surface area (Å²) in [6.45, 7) is 10.7. The number of hydrogen-bond donors (Lipinski definition) is 2. The Morgan fingerprint density at radius 1 is 1.00 bits per heavy atom. The van der Waals surface area contributed by atoms with Gasteiger partial charge >= 0.3 is 6.03 Å². The summed E-state index contributed by atoms with van der Waals surface area (Å²) in [6.07, 6.45) is 0.825. The van der Waals surface area contributed by atoms with Gasteiger partial charge in [0, 0.05) is 18.6 Å². The van der Waals surface area contributed by atoms with Crippen molar-refractivity contribution in [2.45, 2.75) is 46.6 Å². The second-order valence-corrected chi connectivity index (χ2v) is 8.31. The third-order valence-corrected chi connectivity index (χ3v) is 3.92. The molecule has 0 aliphatic carbocycles. The van der Waals surface area contributed by atoms with Gasteiger partial charge in [-0.05, 0) is 37.8 Å². The van der Waals surface area contributed by atoms with Crippen LogP contribution >= 0.6 is 0 Å². The van der Waals surface area contributed by atoms with E-state index in [2.05, 4.69) is 31.4 Å². The van der Waals surface area contributed by atoms with Crippen molar-refractivity contribution in [3.8, 4) is 0 Å². The van der Waals surface area contributed by atoms with E-state index in [1.165, 1.54) is 4.90 Å². The molecule has 0 saturated heterocycles. The van der Waals surface area contributed by atoms with E-state index in [-0.39, 0.29) is 41.9 Å². The topological polar surface area (TPSA) is 78.5 Å². The lowest BCUT2D eigenvalue weighted by molar-refractivity contribution is 0.0655. The monoisotopic (exact) mass is 345 g/mol. The molecule has 0 saturated carbocycles. The zero-order valence-corrected chi connectivity index (χ0v) is 15.6. The minimum absolute atomic E-state index is 0.0942. The fourth-order valence-corrected chi connectivity index (χ4v) is 3.45. The summed E-state index contributed by atoms with van der Waals surface area (Å²) in [5.41, 5.74) is 0.584. The maximum Gasteiger partial charge on any atom is 0.315 e. The Labute approximate surface area is 149 Å². The van der Waals surface area contributed by atoms with E-state index in [0.29, 0.717) is 11.1 Å². The average Bonchev–Trinajstić information content (AvgIpc) is 2.69. The van der Waals surface area contributed by atoms with Crippen LogP contribution in [0.25, 0.3) is 0 Å². The van der Waals surface area contributed by atoms with E-state index in [9.17, 15) is 14.4 Å². The molecule has 1 aliphatic heterocycles. The quantitative estimate of drug-likeness (QED) is 0.806. The summed E-state index contributed by atoms with van der Waals surface area (Å²) in [4.78, 5) is 37.8. The van der Waals surface area contributed by atoms with Crippen LogP contribution in [0.5, 0.6) is 0 Å². The van der Waals surface area contributed by atoms with Crippen molar-refractivity contribution in [3.05, 3.63) is 35.4 Å². The molecule has 6 nitrogen and oxygen atoms in total. The standard InChI is InChI=1S/C19H27N3O3/c1-18(2,3)12-19(4,5)21-17(25)20-10-11-22-15(23)13-8-6-7-9-14(13)16(22)24/h6-9H,10-12H2,1-5H3,(H2,20,21,25). The highest BCUT2D eigenvalue weighted by molar-refractivity contribution is 6.21. The minimum Gasteiger partial charge on any atom is -0.336 e. The maximum atomic E-state index is 12.2. The number of hydrogen-bond acceptors (Lipinski definition) is 3. The van der Waals surface area contributed by atoms with Gasteiger partial charge in [0.2, 0.25) is 0 Å². The summed E-state index contributed by atoms with van der Waals surface area (Å²) in [7, 11) is 0. The normalized spacial score (nSPS) is 14.5. The fourth-order valence-electron chi connectivity index (χ4n) is 3.45. The zero-order valence-electron chi connectivity index (χ0n) is 15.6. The van der Waals surface area contributed by atoms with E-state index in [4.69, 9.17) is 0 Å². The van der Waals surface area contributed by atoms with Crippen molar-refractivity contribution in [1.29, 1.82) is 0 Å². The molecule has 0 atom stereocenters. The van der Waals surface area contributed by atoms with Crippen molar-refractivity contribution >= 4 is 17.8 Å². The van der Waals surface area contributed by atoms with E-state index in [0.717, 1.165) is 6.42 Å². The second-order valence-electron chi connectivity index (χ2n) is 8.31. The number of carbonyl (C=O) groups excluding carboxylic acids is 3. The van der Waals surface area contributed by atoms with Gasteiger partial charge in [-0.2, -0.15) is 0 Å². The Morgan fingerprint density at radius 3 is 2.00 bits per heavy atom. The average molecular weight is 345 g/mol. The van der Waals surface area contributed by atoms with Crippen molar-refractivity contribution in [2.24, 2.45) is 5.41 Å². The Balaban J connectivity index is 1.84. The van der Waals surface area contributed by atoms with Gasteiger partial charge < -0.3 is 10.6 Å². The van der Waals surface area contributed by atoms with Crippen LogP contribution in [0.1, 0.15) is 61.8 Å². The molecule has 1 aromatic rings. The summed E-state index contributed by atoms with van der Waals surface area (Å²) in [5.74, 6) is -0.619. The Hall–Kier alpha value is -2.37. The van der Waals surface area contributed by atoms with Gasteiger partial charge in [0.25, 0.3) is 11.8 Å². The van der Waals surface area contributed by atoms with Gasteiger partial charge in [-0.1, -0.05) is 32.9 Å². The molecular formula is C19H27N3O3. The zero-order chi connectivity index (χ0) is 18.8. The first-order chi connectivity index (χ1) is 11.5. The van der Waals surface area contributed by atoms with Gasteiger partial charge in [0.1, 0.15) is 0 Å². The first-order valence-electron chi connectivity index (χ1n) is 8.51. The number of rotatable bonds is 5. The number of fused-ring (bicyclic) bond motifs is 1. The minimum atomic E-state index is -0.349. The molecule has 1 aliphatic rings. The van der Waals surface area contributed by atoms with E-state index in [1.54, 1.807) is 24.3 Å². The SMILES string of the molecule is CC(C)(C)CC(C)(C)NC(=O)NCCN1C(=O)c2ccccc2C1=O. The molecule has 1 heterocycles. The third kappa shape index (κ3) is 4.81. The van der Waals surface area contributed by atoms with Crippen LogP contribution in [0, 0.1) is 5.41 Å². The third-order valence-electron chi connectivity index (χ3n) is 3.92. The number of urea groups is 1. The number of nitrogens with one attached hydrogen (secondary N) is 2. The Morgan fingerprint density at radius 2 is 1.52 bits per heavy atom. The van der Waals surface area contributed by atoms with Crippen LogP contribution < -0.4 is 10.6 Å². The van der Waals surface area contributed by atoms with E-state index < -0.39 is 0 Å². The van der Waals surface area contributed by atoms with Crippen LogP contribution in [0.3, 0.4) is 0 Å². The lowest BCUT2D eigenvalue weighted by Gasteiger charge is -2.33. The van der Waals surface area contributed by atoms with Crippen molar-refractivity contribution < 1.29 is 14.4 Å². The molecule has 4 amide bonds. The Kier molecular flexibility index (Phi) is 5.20. The van der Waals surface area contributed by atoms with Crippen LogP contribution in [0.15, 0.2) is 24.3 Å². The Bertz CT molecular complexity index is 654. The number of benzene rings is 1. The number of nitrogens with zero attached hydrogens (tertiary/aromatic N) is 1. The van der Waals surface area contributed by atoms with E-state index >= 15 is 0 Å². The molecule has 0 fully saturated rings. The first kappa shape index (κ1) is 19.0. The molecule has 1 aromatic carbocycles. The molecule has 0 bridgehead atoms. The van der Waals surface area contributed by atoms with Crippen LogP contribution in [0.4, 0.5) is 4.79 Å². The van der Waals surface area contributed by atoms with Crippen molar-refractivity contribution in [3.63, 3.8) is 0 Å². The van der Waals surface area contributed by atoms with Crippen LogP contribution in [0.2, 0.25) is 0 Å². The molecule has 136 valence electrons.